The average molecular weight is 323 g/mol. The van der Waals surface area contributed by atoms with Gasteiger partial charge in [-0.25, -0.2) is 4.79 Å². The Hall–Kier alpha value is -0.810. The molecule has 0 aromatic carbocycles. The van der Waals surface area contributed by atoms with Crippen LogP contribution in [0.1, 0.15) is 65.7 Å². The van der Waals surface area contributed by atoms with Gasteiger partial charge in [-0.1, -0.05) is 6.42 Å². The van der Waals surface area contributed by atoms with Gasteiger partial charge < -0.3 is 20.3 Å². The number of hydrogen-bond donors (Lipinski definition) is 2. The summed E-state index contributed by atoms with van der Waals surface area (Å²) in [4.78, 5) is 14.4. The van der Waals surface area contributed by atoms with E-state index in [1.54, 1.807) is 0 Å². The molecule has 3 fully saturated rings. The molecular formula is C18H33N3O2. The van der Waals surface area contributed by atoms with E-state index >= 15 is 0 Å². The van der Waals surface area contributed by atoms with Crippen molar-refractivity contribution in [3.63, 3.8) is 0 Å². The number of amides is 1. The van der Waals surface area contributed by atoms with Crippen LogP contribution in [0.2, 0.25) is 0 Å². The maximum atomic E-state index is 11.8. The van der Waals surface area contributed by atoms with Gasteiger partial charge in [-0.15, -0.1) is 0 Å². The van der Waals surface area contributed by atoms with Crippen LogP contribution >= 0.6 is 0 Å². The molecule has 132 valence electrons. The lowest BCUT2D eigenvalue weighted by Crippen LogP contribution is -2.59. The molecular weight excluding hydrogens is 290 g/mol. The molecule has 5 nitrogen and oxygen atoms in total. The molecule has 2 N–H and O–H groups in total. The quantitative estimate of drug-likeness (QED) is 0.838. The van der Waals surface area contributed by atoms with Crippen LogP contribution in [0.15, 0.2) is 0 Å². The second-order valence-corrected chi connectivity index (χ2v) is 8.75. The first kappa shape index (κ1) is 17.0. The Balaban J connectivity index is 1.37. The maximum absolute atomic E-state index is 11.8. The predicted octanol–water partition coefficient (Wildman–Crippen LogP) is 2.65. The van der Waals surface area contributed by atoms with Gasteiger partial charge in [0, 0.05) is 30.2 Å². The Morgan fingerprint density at radius 1 is 1.00 bits per heavy atom. The second kappa shape index (κ2) is 6.60. The molecule has 3 rings (SSSR count). The molecule has 2 bridgehead atoms. The van der Waals surface area contributed by atoms with Crippen LogP contribution in [0.25, 0.3) is 0 Å². The molecule has 0 radical (unpaired) electrons. The Kier molecular flexibility index (Phi) is 4.88. The Morgan fingerprint density at radius 2 is 1.57 bits per heavy atom. The minimum absolute atomic E-state index is 0.271. The van der Waals surface area contributed by atoms with E-state index in [9.17, 15) is 4.79 Å². The third kappa shape index (κ3) is 4.38. The summed E-state index contributed by atoms with van der Waals surface area (Å²) in [7, 11) is 2.30. The molecule has 2 aliphatic heterocycles. The highest BCUT2D eigenvalue weighted by Gasteiger charge is 2.39. The summed E-state index contributed by atoms with van der Waals surface area (Å²) in [5, 5.41) is 6.81. The maximum Gasteiger partial charge on any atom is 0.407 e. The number of nitrogens with zero attached hydrogens (tertiary/aromatic N) is 1. The topological polar surface area (TPSA) is 53.6 Å². The standard InChI is InChI=1S/C18H33N3O2/c1-18(2,3)23-17(22)20-13-8-12(9-13)19-14-10-15-6-5-7-16(11-14)21(15)4/h12-16,19H,5-11H2,1-4H3,(H,20,22). The SMILES string of the molecule is CN1C2CCCC1CC(NC1CC(NC(=O)OC(C)(C)C)C1)C2. The molecule has 0 spiro atoms. The molecule has 1 saturated carbocycles. The Bertz CT molecular complexity index is 414. The van der Waals surface area contributed by atoms with Crippen molar-refractivity contribution in [3.05, 3.63) is 0 Å². The summed E-state index contributed by atoms with van der Waals surface area (Å²) in [6.07, 6.45) is 8.47. The smallest absolute Gasteiger partial charge is 0.407 e. The van der Waals surface area contributed by atoms with E-state index < -0.39 is 5.60 Å². The van der Waals surface area contributed by atoms with Gasteiger partial charge in [0.2, 0.25) is 0 Å². The van der Waals surface area contributed by atoms with Gasteiger partial charge in [0.1, 0.15) is 5.60 Å². The fraction of sp³-hybridized carbons (Fsp3) is 0.944. The highest BCUT2D eigenvalue weighted by atomic mass is 16.6. The average Bonchev–Trinajstić information content (AvgIpc) is 2.35. The lowest BCUT2D eigenvalue weighted by atomic mass is 9.80. The summed E-state index contributed by atoms with van der Waals surface area (Å²) < 4.78 is 5.32. The number of alkyl carbamates (subject to hydrolysis) is 1. The first-order valence-electron chi connectivity index (χ1n) is 9.27. The lowest BCUT2D eigenvalue weighted by Gasteiger charge is -2.49. The first-order chi connectivity index (χ1) is 10.8. The van der Waals surface area contributed by atoms with Crippen molar-refractivity contribution in [2.24, 2.45) is 0 Å². The molecule has 0 aromatic rings. The number of fused-ring (bicyclic) bond motifs is 2. The summed E-state index contributed by atoms with van der Waals surface area (Å²) in [6, 6.07) is 3.04. The minimum Gasteiger partial charge on any atom is -0.444 e. The predicted molar refractivity (Wildman–Crippen MR) is 91.5 cm³/mol. The molecule has 2 unspecified atom stereocenters. The summed E-state index contributed by atoms with van der Waals surface area (Å²) in [5.41, 5.74) is -0.419. The van der Waals surface area contributed by atoms with Crippen LogP contribution in [0, 0.1) is 0 Å². The number of piperidine rings is 2. The van der Waals surface area contributed by atoms with Crippen LogP contribution in [-0.2, 0) is 4.74 Å². The molecule has 2 atom stereocenters. The highest BCUT2D eigenvalue weighted by molar-refractivity contribution is 5.68. The lowest BCUT2D eigenvalue weighted by molar-refractivity contribution is 0.0363. The van der Waals surface area contributed by atoms with Crippen LogP contribution in [0.3, 0.4) is 0 Å². The van der Waals surface area contributed by atoms with Crippen molar-refractivity contribution in [1.82, 2.24) is 15.5 Å². The Morgan fingerprint density at radius 3 is 2.13 bits per heavy atom. The van der Waals surface area contributed by atoms with Crippen LogP contribution in [0.5, 0.6) is 0 Å². The third-order valence-corrected chi connectivity index (χ3v) is 5.67. The van der Waals surface area contributed by atoms with Gasteiger partial charge in [-0.3, -0.25) is 0 Å². The van der Waals surface area contributed by atoms with Gasteiger partial charge in [0.25, 0.3) is 0 Å². The van der Waals surface area contributed by atoms with Crippen LogP contribution in [0.4, 0.5) is 4.79 Å². The zero-order chi connectivity index (χ0) is 16.6. The number of nitrogens with one attached hydrogen (secondary N) is 2. The van der Waals surface area contributed by atoms with Gasteiger partial charge in [-0.2, -0.15) is 0 Å². The van der Waals surface area contributed by atoms with Crippen molar-refractivity contribution >= 4 is 6.09 Å². The molecule has 2 heterocycles. The summed E-state index contributed by atoms with van der Waals surface area (Å²) >= 11 is 0. The number of hydrogen-bond acceptors (Lipinski definition) is 4. The van der Waals surface area contributed by atoms with Crippen molar-refractivity contribution in [1.29, 1.82) is 0 Å². The molecule has 2 saturated heterocycles. The zero-order valence-electron chi connectivity index (χ0n) is 15.1. The van der Waals surface area contributed by atoms with Crippen LogP contribution in [-0.4, -0.2) is 53.9 Å². The van der Waals surface area contributed by atoms with Gasteiger partial charge in [-0.05, 0) is 66.3 Å². The number of ether oxygens (including phenoxy) is 1. The van der Waals surface area contributed by atoms with E-state index in [0.29, 0.717) is 12.1 Å². The van der Waals surface area contributed by atoms with Crippen molar-refractivity contribution < 1.29 is 9.53 Å². The fourth-order valence-electron chi connectivity index (χ4n) is 4.43. The first-order valence-corrected chi connectivity index (χ1v) is 9.27. The highest BCUT2D eigenvalue weighted by Crippen LogP contribution is 2.33. The van der Waals surface area contributed by atoms with E-state index in [-0.39, 0.29) is 12.1 Å². The monoisotopic (exact) mass is 323 g/mol. The largest absolute Gasteiger partial charge is 0.444 e. The van der Waals surface area contributed by atoms with E-state index in [1.165, 1.54) is 32.1 Å². The van der Waals surface area contributed by atoms with E-state index in [1.807, 2.05) is 20.8 Å². The van der Waals surface area contributed by atoms with Gasteiger partial charge in [0.05, 0.1) is 0 Å². The van der Waals surface area contributed by atoms with E-state index in [0.717, 1.165) is 24.9 Å². The number of carbonyl (C=O) groups is 1. The van der Waals surface area contributed by atoms with Crippen molar-refractivity contribution in [3.8, 4) is 0 Å². The zero-order valence-corrected chi connectivity index (χ0v) is 15.1. The fourth-order valence-corrected chi connectivity index (χ4v) is 4.43. The molecule has 5 heteroatoms. The van der Waals surface area contributed by atoms with E-state index in [2.05, 4.69) is 22.6 Å². The van der Waals surface area contributed by atoms with Gasteiger partial charge >= 0.3 is 6.09 Å². The molecule has 0 aromatic heterocycles. The van der Waals surface area contributed by atoms with Crippen molar-refractivity contribution in [2.45, 2.75) is 102 Å². The number of rotatable bonds is 3. The van der Waals surface area contributed by atoms with Crippen molar-refractivity contribution in [2.75, 3.05) is 7.05 Å². The summed E-state index contributed by atoms with van der Waals surface area (Å²) in [6.45, 7) is 5.69. The normalized spacial score (nSPS) is 37.8. The minimum atomic E-state index is -0.419. The number of carbonyl (C=O) groups excluding carboxylic acids is 1. The van der Waals surface area contributed by atoms with Gasteiger partial charge in [0.15, 0.2) is 0 Å². The second-order valence-electron chi connectivity index (χ2n) is 8.75. The molecule has 23 heavy (non-hydrogen) atoms. The van der Waals surface area contributed by atoms with Crippen LogP contribution < -0.4 is 10.6 Å². The molecule has 1 amide bonds. The van der Waals surface area contributed by atoms with E-state index in [4.69, 9.17) is 4.74 Å². The third-order valence-electron chi connectivity index (χ3n) is 5.67. The molecule has 1 aliphatic carbocycles. The Labute approximate surface area is 140 Å². The summed E-state index contributed by atoms with van der Waals surface area (Å²) in [5.74, 6) is 0. The molecule has 3 aliphatic rings.